The van der Waals surface area contributed by atoms with E-state index >= 15 is 0 Å². The Hall–Kier alpha value is -2.94. The van der Waals surface area contributed by atoms with Crippen LogP contribution in [0.15, 0.2) is 71.5 Å². The van der Waals surface area contributed by atoms with Gasteiger partial charge in [-0.2, -0.15) is 0 Å². The van der Waals surface area contributed by atoms with Gasteiger partial charge in [0.2, 0.25) is 0 Å². The number of allylic oxidation sites excluding steroid dienone is 1. The van der Waals surface area contributed by atoms with Gasteiger partial charge in [-0.3, -0.25) is 0 Å². The molecule has 0 aliphatic carbocycles. The van der Waals surface area contributed by atoms with E-state index in [1.807, 2.05) is 0 Å². The van der Waals surface area contributed by atoms with Crippen molar-refractivity contribution in [3.63, 3.8) is 0 Å². The Labute approximate surface area is 180 Å². The van der Waals surface area contributed by atoms with Crippen molar-refractivity contribution in [1.29, 1.82) is 0 Å². The predicted octanol–water partition coefficient (Wildman–Crippen LogP) is 6.12. The van der Waals surface area contributed by atoms with Crippen molar-refractivity contribution in [1.82, 2.24) is 4.90 Å². The highest BCUT2D eigenvalue weighted by Crippen LogP contribution is 2.36. The fourth-order valence-corrected chi connectivity index (χ4v) is 4.16. The molecule has 0 saturated carbocycles. The molecule has 3 rings (SSSR count). The first-order valence-corrected chi connectivity index (χ1v) is 10.3. The van der Waals surface area contributed by atoms with Crippen LogP contribution >= 0.6 is 11.8 Å². The molecule has 0 spiro atoms. The van der Waals surface area contributed by atoms with E-state index in [4.69, 9.17) is 9.84 Å². The third-order valence-electron chi connectivity index (χ3n) is 4.47. The average molecular weight is 453 g/mol. The van der Waals surface area contributed by atoms with Gasteiger partial charge in [0.1, 0.15) is 16.7 Å². The summed E-state index contributed by atoms with van der Waals surface area (Å²) in [5, 5.41) is 9.37. The van der Waals surface area contributed by atoms with Crippen LogP contribution < -0.4 is 0 Å². The molecule has 0 bridgehead atoms. The van der Waals surface area contributed by atoms with Crippen LogP contribution in [-0.4, -0.2) is 28.5 Å². The van der Waals surface area contributed by atoms with Gasteiger partial charge in [0, 0.05) is 30.8 Å². The molecule has 2 aromatic rings. The molecular formula is C22H19F4NO3S. The van der Waals surface area contributed by atoms with Crippen LogP contribution in [0.25, 0.3) is 0 Å². The molecule has 0 saturated heterocycles. The highest BCUT2D eigenvalue weighted by atomic mass is 32.2. The van der Waals surface area contributed by atoms with Gasteiger partial charge in [-0.25, -0.2) is 22.4 Å². The molecule has 0 radical (unpaired) electrons. The summed E-state index contributed by atoms with van der Waals surface area (Å²) >= 11 is 1.02. The second-order valence-electron chi connectivity index (χ2n) is 6.76. The number of alkyl halides is 2. The number of rotatable bonds is 8. The van der Waals surface area contributed by atoms with Crippen LogP contribution in [0.1, 0.15) is 17.5 Å². The normalized spacial score (nSPS) is 14.1. The fourth-order valence-electron chi connectivity index (χ4n) is 3.04. The van der Waals surface area contributed by atoms with E-state index in [9.17, 15) is 22.4 Å². The summed E-state index contributed by atoms with van der Waals surface area (Å²) in [6.45, 7) is 0.616. The van der Waals surface area contributed by atoms with Gasteiger partial charge in [-0.1, -0.05) is 30.3 Å². The SMILES string of the molecule is O=C(O)OC1=C(SCCC(F)(F)c2ccc(F)cc2)N(Cc2cccc(F)c2)CC=C1. The predicted molar refractivity (Wildman–Crippen MR) is 109 cm³/mol. The van der Waals surface area contributed by atoms with Crippen LogP contribution in [0, 0.1) is 11.6 Å². The topological polar surface area (TPSA) is 49.8 Å². The van der Waals surface area contributed by atoms with Gasteiger partial charge in [-0.05, 0) is 35.9 Å². The molecule has 1 aliphatic heterocycles. The van der Waals surface area contributed by atoms with Gasteiger partial charge < -0.3 is 14.7 Å². The molecule has 2 aromatic carbocycles. The number of carbonyl (C=O) groups is 1. The van der Waals surface area contributed by atoms with Gasteiger partial charge in [-0.15, -0.1) is 11.8 Å². The van der Waals surface area contributed by atoms with Crippen LogP contribution in [0.5, 0.6) is 0 Å². The minimum Gasteiger partial charge on any atom is -0.449 e. The Morgan fingerprint density at radius 2 is 1.87 bits per heavy atom. The Morgan fingerprint density at radius 3 is 2.55 bits per heavy atom. The number of hydrogen-bond donors (Lipinski definition) is 1. The standard InChI is InChI=1S/C22H19F4NO3S/c23-17-8-6-16(7-9-17)22(25,26)10-12-31-20-19(30-21(28)29)5-2-11-27(20)14-15-3-1-4-18(24)13-15/h1-9,13H,10-12,14H2,(H,28,29). The summed E-state index contributed by atoms with van der Waals surface area (Å²) in [5.74, 6) is -4.24. The maximum absolute atomic E-state index is 14.5. The van der Waals surface area contributed by atoms with Crippen LogP contribution in [0.3, 0.4) is 0 Å². The molecule has 0 atom stereocenters. The third kappa shape index (κ3) is 6.27. The Balaban J connectivity index is 1.75. The summed E-state index contributed by atoms with van der Waals surface area (Å²) < 4.78 is 60.3. The number of carboxylic acid groups (broad SMARTS) is 1. The molecule has 31 heavy (non-hydrogen) atoms. The first-order valence-electron chi connectivity index (χ1n) is 9.32. The summed E-state index contributed by atoms with van der Waals surface area (Å²) in [7, 11) is 0. The lowest BCUT2D eigenvalue weighted by Gasteiger charge is -2.30. The van der Waals surface area contributed by atoms with E-state index in [-0.39, 0.29) is 23.6 Å². The maximum atomic E-state index is 14.5. The average Bonchev–Trinajstić information content (AvgIpc) is 2.70. The molecule has 0 unspecified atom stereocenters. The van der Waals surface area contributed by atoms with Crippen LogP contribution in [0.2, 0.25) is 0 Å². The van der Waals surface area contributed by atoms with Crippen LogP contribution in [0.4, 0.5) is 22.4 Å². The molecule has 1 heterocycles. The number of hydrogen-bond acceptors (Lipinski definition) is 4. The number of benzene rings is 2. The summed E-state index contributed by atoms with van der Waals surface area (Å²) in [6, 6.07) is 9.95. The van der Waals surface area contributed by atoms with E-state index in [1.165, 1.54) is 18.2 Å². The molecule has 164 valence electrons. The first-order chi connectivity index (χ1) is 14.7. The summed E-state index contributed by atoms with van der Waals surface area (Å²) in [6.07, 6.45) is 1.07. The van der Waals surface area contributed by atoms with E-state index < -0.39 is 30.1 Å². The highest BCUT2D eigenvalue weighted by Gasteiger charge is 2.32. The van der Waals surface area contributed by atoms with Gasteiger partial charge in [0.25, 0.3) is 5.92 Å². The monoisotopic (exact) mass is 453 g/mol. The van der Waals surface area contributed by atoms with Crippen molar-refractivity contribution in [2.75, 3.05) is 12.3 Å². The molecule has 1 N–H and O–H groups in total. The van der Waals surface area contributed by atoms with Crippen molar-refractivity contribution >= 4 is 17.9 Å². The van der Waals surface area contributed by atoms with E-state index in [2.05, 4.69) is 0 Å². The zero-order chi connectivity index (χ0) is 22.4. The third-order valence-corrected chi connectivity index (χ3v) is 5.62. The highest BCUT2D eigenvalue weighted by molar-refractivity contribution is 8.03. The van der Waals surface area contributed by atoms with E-state index in [0.717, 1.165) is 36.0 Å². The Bertz CT molecular complexity index is 993. The molecular weight excluding hydrogens is 434 g/mol. The molecule has 9 heteroatoms. The van der Waals surface area contributed by atoms with Gasteiger partial charge >= 0.3 is 6.16 Å². The zero-order valence-corrected chi connectivity index (χ0v) is 17.0. The Kier molecular flexibility index (Phi) is 7.27. The molecule has 1 aliphatic rings. The zero-order valence-electron chi connectivity index (χ0n) is 16.2. The van der Waals surface area contributed by atoms with Crippen molar-refractivity contribution in [3.8, 4) is 0 Å². The lowest BCUT2D eigenvalue weighted by molar-refractivity contribution is -0.00708. The van der Waals surface area contributed by atoms with Crippen molar-refractivity contribution in [3.05, 3.63) is 94.2 Å². The Morgan fingerprint density at radius 1 is 1.13 bits per heavy atom. The van der Waals surface area contributed by atoms with Crippen molar-refractivity contribution in [2.24, 2.45) is 0 Å². The lowest BCUT2D eigenvalue weighted by atomic mass is 10.1. The summed E-state index contributed by atoms with van der Waals surface area (Å²) in [4.78, 5) is 12.8. The maximum Gasteiger partial charge on any atom is 0.511 e. The molecule has 0 amide bonds. The number of ether oxygens (including phenoxy) is 1. The first kappa shape index (κ1) is 22.7. The number of halogens is 4. The quantitative estimate of drug-likeness (QED) is 0.386. The van der Waals surface area contributed by atoms with E-state index in [0.29, 0.717) is 17.1 Å². The second-order valence-corrected chi connectivity index (χ2v) is 7.84. The summed E-state index contributed by atoms with van der Waals surface area (Å²) in [5.41, 5.74) is 0.338. The molecule has 4 nitrogen and oxygen atoms in total. The molecule has 0 fully saturated rings. The second kappa shape index (κ2) is 9.91. The largest absolute Gasteiger partial charge is 0.511 e. The minimum atomic E-state index is -3.19. The van der Waals surface area contributed by atoms with Crippen LogP contribution in [-0.2, 0) is 17.2 Å². The minimum absolute atomic E-state index is 0.0188. The smallest absolute Gasteiger partial charge is 0.449 e. The molecule has 0 aromatic heterocycles. The number of thioether (sulfide) groups is 1. The van der Waals surface area contributed by atoms with Gasteiger partial charge in [0.05, 0.1) is 0 Å². The van der Waals surface area contributed by atoms with Crippen molar-refractivity contribution < 1.29 is 32.2 Å². The van der Waals surface area contributed by atoms with Crippen molar-refractivity contribution in [2.45, 2.75) is 18.9 Å². The van der Waals surface area contributed by atoms with Gasteiger partial charge in [0.15, 0.2) is 5.76 Å². The fraction of sp³-hybridized carbons (Fsp3) is 0.227. The van der Waals surface area contributed by atoms with E-state index in [1.54, 1.807) is 23.1 Å². The lowest BCUT2D eigenvalue weighted by Crippen LogP contribution is -2.26. The number of nitrogens with zero attached hydrogens (tertiary/aromatic N) is 1.